The Bertz CT molecular complexity index is 1540. The van der Waals surface area contributed by atoms with Gasteiger partial charge in [-0.15, -0.1) is 0 Å². The molecular weight excluding hydrogens is 488 g/mol. The Kier molecular flexibility index (Phi) is 6.10. The number of rotatable bonds is 7. The molecule has 1 aliphatic heterocycles. The van der Waals surface area contributed by atoms with E-state index < -0.39 is 0 Å². The van der Waals surface area contributed by atoms with Crippen molar-refractivity contribution in [2.24, 2.45) is 23.5 Å². The quantitative estimate of drug-likeness (QED) is 0.363. The maximum Gasteiger partial charge on any atom is 0.254 e. The molecule has 4 heterocycles. The zero-order chi connectivity index (χ0) is 26.7. The number of likely N-dealkylation sites (tertiary alicyclic amines) is 1. The van der Waals surface area contributed by atoms with Crippen molar-refractivity contribution in [3.05, 3.63) is 42.1 Å². The van der Waals surface area contributed by atoms with Crippen LogP contribution >= 0.6 is 0 Å². The number of hydrogen-bond acceptors (Lipinski definition) is 5. The van der Waals surface area contributed by atoms with Crippen LogP contribution in [0.2, 0.25) is 0 Å². The maximum atomic E-state index is 13.6. The van der Waals surface area contributed by atoms with Gasteiger partial charge in [0.1, 0.15) is 16.9 Å². The van der Waals surface area contributed by atoms with Gasteiger partial charge in [0.25, 0.3) is 5.91 Å². The highest BCUT2D eigenvalue weighted by atomic mass is 16.5. The summed E-state index contributed by atoms with van der Waals surface area (Å²) in [7, 11) is 1.69. The number of aromatic nitrogens is 4. The number of carbonyl (C=O) groups is 1. The Morgan fingerprint density at radius 1 is 1.10 bits per heavy atom. The average molecular weight is 527 g/mol. The third-order valence-corrected chi connectivity index (χ3v) is 8.95. The van der Waals surface area contributed by atoms with Crippen molar-refractivity contribution in [2.45, 2.75) is 64.6 Å². The van der Waals surface area contributed by atoms with Crippen LogP contribution in [-0.4, -0.2) is 56.2 Å². The molecule has 2 saturated carbocycles. The number of imidazole rings is 1. The molecule has 8 nitrogen and oxygen atoms in total. The number of fused-ring (bicyclic) bond motifs is 2. The minimum atomic E-state index is 0.00122. The van der Waals surface area contributed by atoms with Gasteiger partial charge in [-0.2, -0.15) is 0 Å². The number of benzene rings is 1. The van der Waals surface area contributed by atoms with Gasteiger partial charge in [-0.1, -0.05) is 6.92 Å². The summed E-state index contributed by atoms with van der Waals surface area (Å²) in [5.74, 6) is 3.71. The van der Waals surface area contributed by atoms with E-state index in [1.807, 2.05) is 29.3 Å². The fraction of sp³-hybridized carbons (Fsp3) is 0.516. The Morgan fingerprint density at radius 2 is 1.92 bits per heavy atom. The predicted molar refractivity (Wildman–Crippen MR) is 153 cm³/mol. The molecular formula is C31H38N6O2. The Hall–Kier alpha value is -3.39. The molecule has 3 fully saturated rings. The van der Waals surface area contributed by atoms with Crippen LogP contribution in [0, 0.1) is 17.8 Å². The van der Waals surface area contributed by atoms with Crippen molar-refractivity contribution < 1.29 is 9.53 Å². The zero-order valence-corrected chi connectivity index (χ0v) is 23.0. The minimum Gasteiger partial charge on any atom is -0.494 e. The van der Waals surface area contributed by atoms with Crippen LogP contribution in [0.1, 0.15) is 55.8 Å². The summed E-state index contributed by atoms with van der Waals surface area (Å²) >= 11 is 0. The summed E-state index contributed by atoms with van der Waals surface area (Å²) in [4.78, 5) is 25.4. The van der Waals surface area contributed by atoms with Gasteiger partial charge in [0.2, 0.25) is 0 Å². The molecule has 1 aromatic carbocycles. The summed E-state index contributed by atoms with van der Waals surface area (Å²) in [5.41, 5.74) is 10.7. The Balaban J connectivity index is 1.38. The fourth-order valence-corrected chi connectivity index (χ4v) is 6.75. The molecule has 2 N–H and O–H groups in total. The molecule has 2 aliphatic carbocycles. The Labute approximate surface area is 229 Å². The van der Waals surface area contributed by atoms with Crippen molar-refractivity contribution in [1.82, 2.24) is 24.0 Å². The van der Waals surface area contributed by atoms with E-state index in [1.54, 1.807) is 7.11 Å². The lowest BCUT2D eigenvalue weighted by Gasteiger charge is -2.33. The van der Waals surface area contributed by atoms with E-state index in [0.29, 0.717) is 29.7 Å². The standard InChI is InChI=1S/C31H38N6O2/c1-19-11-21(12-19)17-37-28-25(13-23(15-27(28)39-2)31(38)35-10-4-6-24(32)18-35)34-30(37)26-14-22-5-3-9-33-29(22)36(26)16-20-7-8-20/h3,5,9,13-15,19-21,24H,4,6-8,10-12,16-18,32H2,1-2H3/t19-,21-,24-/m1/s1. The average Bonchev–Trinajstić information content (AvgIpc) is 3.58. The first kappa shape index (κ1) is 24.6. The molecule has 8 heteroatoms. The number of nitrogens with zero attached hydrogens (tertiary/aromatic N) is 5. The number of methoxy groups -OCH3 is 1. The molecule has 0 spiro atoms. The molecule has 1 saturated heterocycles. The van der Waals surface area contributed by atoms with Crippen LogP contribution in [0.4, 0.5) is 0 Å². The van der Waals surface area contributed by atoms with E-state index in [4.69, 9.17) is 20.4 Å². The topological polar surface area (TPSA) is 91.2 Å². The van der Waals surface area contributed by atoms with Crippen molar-refractivity contribution in [2.75, 3.05) is 20.2 Å². The molecule has 1 amide bonds. The minimum absolute atomic E-state index is 0.00122. The van der Waals surface area contributed by atoms with Crippen LogP contribution in [-0.2, 0) is 13.1 Å². The number of piperidine rings is 1. The first-order valence-electron chi connectivity index (χ1n) is 14.6. The first-order chi connectivity index (χ1) is 19.0. The van der Waals surface area contributed by atoms with Crippen LogP contribution < -0.4 is 10.5 Å². The van der Waals surface area contributed by atoms with Crippen LogP contribution in [0.25, 0.3) is 33.6 Å². The molecule has 3 aromatic heterocycles. The van der Waals surface area contributed by atoms with Crippen LogP contribution in [0.5, 0.6) is 5.75 Å². The van der Waals surface area contributed by atoms with Crippen LogP contribution in [0.3, 0.4) is 0 Å². The van der Waals surface area contributed by atoms with Gasteiger partial charge in [-0.3, -0.25) is 4.79 Å². The van der Waals surface area contributed by atoms with Crippen molar-refractivity contribution in [3.63, 3.8) is 0 Å². The number of amides is 1. The molecule has 1 atom stereocenters. The monoisotopic (exact) mass is 526 g/mol. The Morgan fingerprint density at radius 3 is 2.67 bits per heavy atom. The number of pyridine rings is 1. The molecule has 3 aliphatic rings. The van der Waals surface area contributed by atoms with E-state index in [9.17, 15) is 4.79 Å². The molecule has 7 rings (SSSR count). The van der Waals surface area contributed by atoms with Crippen molar-refractivity contribution in [1.29, 1.82) is 0 Å². The van der Waals surface area contributed by atoms with Gasteiger partial charge in [-0.25, -0.2) is 9.97 Å². The smallest absolute Gasteiger partial charge is 0.254 e. The van der Waals surface area contributed by atoms with Gasteiger partial charge < -0.3 is 24.5 Å². The third-order valence-electron chi connectivity index (χ3n) is 8.95. The van der Waals surface area contributed by atoms with Gasteiger partial charge in [-0.05, 0) is 86.6 Å². The van der Waals surface area contributed by atoms with E-state index in [-0.39, 0.29) is 11.9 Å². The highest BCUT2D eigenvalue weighted by Crippen LogP contribution is 2.41. The summed E-state index contributed by atoms with van der Waals surface area (Å²) in [6.45, 7) is 5.50. The number of carbonyl (C=O) groups excluding carboxylic acids is 1. The van der Waals surface area contributed by atoms with Crippen LogP contribution in [0.15, 0.2) is 36.5 Å². The van der Waals surface area contributed by atoms with E-state index in [2.05, 4.69) is 28.2 Å². The number of nitrogens with two attached hydrogens (primary N) is 1. The van der Waals surface area contributed by atoms with Gasteiger partial charge in [0.05, 0.1) is 18.3 Å². The lowest BCUT2D eigenvalue weighted by atomic mass is 9.76. The molecule has 4 aromatic rings. The second kappa shape index (κ2) is 9.66. The van der Waals surface area contributed by atoms with E-state index in [0.717, 1.165) is 72.0 Å². The highest BCUT2D eigenvalue weighted by Gasteiger charge is 2.31. The summed E-state index contributed by atoms with van der Waals surface area (Å²) in [5, 5.41) is 1.13. The normalized spacial score (nSPS) is 23.4. The summed E-state index contributed by atoms with van der Waals surface area (Å²) in [6, 6.07) is 10.3. The second-order valence-corrected chi connectivity index (χ2v) is 12.2. The number of hydrogen-bond donors (Lipinski definition) is 1. The molecule has 0 bridgehead atoms. The molecule has 204 valence electrons. The molecule has 0 unspecified atom stereocenters. The maximum absolute atomic E-state index is 13.6. The summed E-state index contributed by atoms with van der Waals surface area (Å²) < 4.78 is 10.7. The fourth-order valence-electron chi connectivity index (χ4n) is 6.75. The lowest BCUT2D eigenvalue weighted by molar-refractivity contribution is 0.0708. The third kappa shape index (κ3) is 4.48. The van der Waals surface area contributed by atoms with E-state index >= 15 is 0 Å². The SMILES string of the molecule is COc1cc(C(=O)N2CCC[C@@H](N)C2)cc2nc(-c3cc4cccnc4n3CC3CC3)n(C[C@H]3C[C@H](C)C3)c12. The van der Waals surface area contributed by atoms with Crippen molar-refractivity contribution >= 4 is 28.0 Å². The number of ether oxygens (including phenoxy) is 1. The highest BCUT2D eigenvalue weighted by molar-refractivity contribution is 6.00. The first-order valence-corrected chi connectivity index (χ1v) is 14.6. The van der Waals surface area contributed by atoms with E-state index in [1.165, 1.54) is 25.7 Å². The second-order valence-electron chi connectivity index (χ2n) is 12.2. The van der Waals surface area contributed by atoms with Crippen molar-refractivity contribution in [3.8, 4) is 17.3 Å². The summed E-state index contributed by atoms with van der Waals surface area (Å²) in [6.07, 6.45) is 8.75. The van der Waals surface area contributed by atoms with Gasteiger partial charge in [0.15, 0.2) is 5.82 Å². The molecule has 39 heavy (non-hydrogen) atoms. The predicted octanol–water partition coefficient (Wildman–Crippen LogP) is 5.08. The zero-order valence-electron chi connectivity index (χ0n) is 23.0. The van der Waals surface area contributed by atoms with Gasteiger partial charge >= 0.3 is 0 Å². The largest absolute Gasteiger partial charge is 0.494 e. The molecule has 0 radical (unpaired) electrons. The lowest BCUT2D eigenvalue weighted by Crippen LogP contribution is -2.45. The van der Waals surface area contributed by atoms with Gasteiger partial charge in [0, 0.05) is 49.4 Å².